The van der Waals surface area contributed by atoms with Gasteiger partial charge in [-0.1, -0.05) is 27.7 Å². The van der Waals surface area contributed by atoms with Crippen molar-refractivity contribution in [3.05, 3.63) is 0 Å². The zero-order valence-corrected chi connectivity index (χ0v) is 9.86. The van der Waals surface area contributed by atoms with Crippen LogP contribution in [0.3, 0.4) is 0 Å². The van der Waals surface area contributed by atoms with Gasteiger partial charge in [0.15, 0.2) is 0 Å². The van der Waals surface area contributed by atoms with Crippen LogP contribution in [0.5, 0.6) is 0 Å². The summed E-state index contributed by atoms with van der Waals surface area (Å²) in [6, 6.07) is 0.328. The summed E-state index contributed by atoms with van der Waals surface area (Å²) in [6.45, 7) is 9.58. The van der Waals surface area contributed by atoms with Crippen LogP contribution in [0.4, 0.5) is 0 Å². The van der Waals surface area contributed by atoms with Gasteiger partial charge in [-0.25, -0.2) is 0 Å². The molecule has 0 unspecified atom stereocenters. The third-order valence-corrected chi connectivity index (χ3v) is 2.88. The van der Waals surface area contributed by atoms with E-state index in [1.54, 1.807) is 0 Å². The van der Waals surface area contributed by atoms with Gasteiger partial charge in [-0.05, 0) is 12.3 Å². The fourth-order valence-electron chi connectivity index (χ4n) is 1.51. The van der Waals surface area contributed by atoms with Gasteiger partial charge in [-0.15, -0.1) is 12.4 Å². The van der Waals surface area contributed by atoms with Crippen LogP contribution in [-0.4, -0.2) is 18.8 Å². The van der Waals surface area contributed by atoms with Crippen molar-refractivity contribution in [1.29, 1.82) is 0 Å². The van der Waals surface area contributed by atoms with E-state index in [0.717, 1.165) is 13.0 Å². The summed E-state index contributed by atoms with van der Waals surface area (Å²) >= 11 is 0. The average molecular weight is 208 g/mol. The third kappa shape index (κ3) is 2.83. The predicted octanol–water partition coefficient (Wildman–Crippen LogP) is 2.21. The van der Waals surface area contributed by atoms with Crippen molar-refractivity contribution in [2.75, 3.05) is 6.61 Å². The lowest BCUT2D eigenvalue weighted by Gasteiger charge is -2.50. The van der Waals surface area contributed by atoms with Gasteiger partial charge in [0.2, 0.25) is 0 Å². The first-order valence-electron chi connectivity index (χ1n) is 4.81. The number of halogens is 1. The lowest BCUT2D eigenvalue weighted by atomic mass is 9.65. The van der Waals surface area contributed by atoms with Crippen LogP contribution < -0.4 is 5.73 Å². The standard InChI is InChI=1S/C10H21NO.ClH/c1-7(2)6-12-9-5-8(11)10(9,3)4;/h7-9H,5-6,11H2,1-4H3;1H/t8-,9+;/m0./s1. The number of nitrogens with two attached hydrogens (primary N) is 1. The molecule has 0 amide bonds. The monoisotopic (exact) mass is 207 g/mol. The normalized spacial score (nSPS) is 30.9. The van der Waals surface area contributed by atoms with Crippen molar-refractivity contribution in [3.8, 4) is 0 Å². The first-order valence-corrected chi connectivity index (χ1v) is 4.81. The molecule has 3 heteroatoms. The molecule has 1 saturated carbocycles. The minimum Gasteiger partial charge on any atom is -0.377 e. The van der Waals surface area contributed by atoms with Gasteiger partial charge in [0.1, 0.15) is 0 Å². The van der Waals surface area contributed by atoms with Gasteiger partial charge in [0, 0.05) is 18.1 Å². The minimum absolute atomic E-state index is 0. The Hall–Kier alpha value is 0.210. The van der Waals surface area contributed by atoms with Crippen LogP contribution in [-0.2, 0) is 4.74 Å². The molecule has 13 heavy (non-hydrogen) atoms. The Bertz CT molecular complexity index is 159. The van der Waals surface area contributed by atoms with E-state index in [2.05, 4.69) is 27.7 Å². The topological polar surface area (TPSA) is 35.2 Å². The molecule has 2 atom stereocenters. The lowest BCUT2D eigenvalue weighted by Crippen LogP contribution is -2.59. The highest BCUT2D eigenvalue weighted by atomic mass is 35.5. The third-order valence-electron chi connectivity index (χ3n) is 2.88. The molecule has 1 rings (SSSR count). The van der Waals surface area contributed by atoms with Crippen molar-refractivity contribution in [2.45, 2.75) is 46.3 Å². The Morgan fingerprint density at radius 3 is 2.31 bits per heavy atom. The molecule has 0 aromatic carbocycles. The van der Waals surface area contributed by atoms with Crippen LogP contribution in [0.1, 0.15) is 34.1 Å². The Labute approximate surface area is 87.6 Å². The fourth-order valence-corrected chi connectivity index (χ4v) is 1.51. The number of hydrogen-bond donors (Lipinski definition) is 1. The van der Waals surface area contributed by atoms with Crippen LogP contribution in [0.25, 0.3) is 0 Å². The zero-order chi connectivity index (χ0) is 9.35. The molecular formula is C10H22ClNO. The molecule has 2 N–H and O–H groups in total. The van der Waals surface area contributed by atoms with Gasteiger partial charge >= 0.3 is 0 Å². The SMILES string of the molecule is CC(C)CO[C@@H]1C[C@H](N)C1(C)C.Cl. The highest BCUT2D eigenvalue weighted by molar-refractivity contribution is 5.85. The van der Waals surface area contributed by atoms with E-state index in [1.165, 1.54) is 0 Å². The molecule has 2 nitrogen and oxygen atoms in total. The molecule has 0 radical (unpaired) electrons. The molecule has 1 aliphatic carbocycles. The lowest BCUT2D eigenvalue weighted by molar-refractivity contribution is -0.114. The van der Waals surface area contributed by atoms with E-state index in [1.807, 2.05) is 0 Å². The van der Waals surface area contributed by atoms with Crippen LogP contribution in [0.2, 0.25) is 0 Å². The summed E-state index contributed by atoms with van der Waals surface area (Å²) in [5.41, 5.74) is 6.06. The van der Waals surface area contributed by atoms with Gasteiger partial charge in [0.25, 0.3) is 0 Å². The molecule has 0 aliphatic heterocycles. The summed E-state index contributed by atoms with van der Waals surface area (Å²) < 4.78 is 5.75. The summed E-state index contributed by atoms with van der Waals surface area (Å²) in [6.07, 6.45) is 1.41. The van der Waals surface area contributed by atoms with Crippen molar-refractivity contribution in [1.82, 2.24) is 0 Å². The van der Waals surface area contributed by atoms with E-state index in [4.69, 9.17) is 10.5 Å². The summed E-state index contributed by atoms with van der Waals surface area (Å²) in [4.78, 5) is 0. The van der Waals surface area contributed by atoms with Gasteiger partial charge in [0.05, 0.1) is 6.10 Å². The second-order valence-electron chi connectivity index (χ2n) is 4.88. The molecular weight excluding hydrogens is 186 g/mol. The van der Waals surface area contributed by atoms with Crippen molar-refractivity contribution in [3.63, 3.8) is 0 Å². The Balaban J connectivity index is 0.00000144. The fraction of sp³-hybridized carbons (Fsp3) is 1.00. The minimum atomic E-state index is 0. The molecule has 0 aromatic rings. The highest BCUT2D eigenvalue weighted by Gasteiger charge is 2.46. The van der Waals surface area contributed by atoms with Crippen LogP contribution in [0, 0.1) is 11.3 Å². The Kier molecular flexibility index (Phi) is 4.70. The Morgan fingerprint density at radius 1 is 1.46 bits per heavy atom. The number of ether oxygens (including phenoxy) is 1. The first kappa shape index (κ1) is 13.2. The van der Waals surface area contributed by atoms with E-state index in [9.17, 15) is 0 Å². The smallest absolute Gasteiger partial charge is 0.0655 e. The van der Waals surface area contributed by atoms with Gasteiger partial charge in [-0.3, -0.25) is 0 Å². The van der Waals surface area contributed by atoms with E-state index < -0.39 is 0 Å². The van der Waals surface area contributed by atoms with E-state index >= 15 is 0 Å². The zero-order valence-electron chi connectivity index (χ0n) is 9.04. The average Bonchev–Trinajstić information content (AvgIpc) is 1.97. The van der Waals surface area contributed by atoms with Gasteiger partial charge in [-0.2, -0.15) is 0 Å². The Morgan fingerprint density at radius 2 is 2.00 bits per heavy atom. The quantitative estimate of drug-likeness (QED) is 0.770. The summed E-state index contributed by atoms with van der Waals surface area (Å²) in [5, 5.41) is 0. The highest BCUT2D eigenvalue weighted by Crippen LogP contribution is 2.41. The largest absolute Gasteiger partial charge is 0.377 e. The molecule has 80 valence electrons. The van der Waals surface area contributed by atoms with E-state index in [0.29, 0.717) is 18.1 Å². The number of rotatable bonds is 3. The van der Waals surface area contributed by atoms with Crippen molar-refractivity contribution in [2.24, 2.45) is 17.1 Å². The first-order chi connectivity index (χ1) is 5.44. The predicted molar refractivity (Wildman–Crippen MR) is 58.2 cm³/mol. The molecule has 0 saturated heterocycles. The summed E-state index contributed by atoms with van der Waals surface area (Å²) in [7, 11) is 0. The maximum Gasteiger partial charge on any atom is 0.0655 e. The molecule has 0 bridgehead atoms. The summed E-state index contributed by atoms with van der Waals surface area (Å²) in [5.74, 6) is 0.623. The maximum atomic E-state index is 5.87. The molecule has 0 spiro atoms. The van der Waals surface area contributed by atoms with Gasteiger partial charge < -0.3 is 10.5 Å². The van der Waals surface area contributed by atoms with Crippen molar-refractivity contribution < 1.29 is 4.74 Å². The van der Waals surface area contributed by atoms with Crippen molar-refractivity contribution >= 4 is 12.4 Å². The van der Waals surface area contributed by atoms with E-state index in [-0.39, 0.29) is 17.8 Å². The maximum absolute atomic E-state index is 5.87. The molecule has 0 aromatic heterocycles. The molecule has 1 aliphatic rings. The van der Waals surface area contributed by atoms with Crippen LogP contribution in [0.15, 0.2) is 0 Å². The van der Waals surface area contributed by atoms with Crippen LogP contribution >= 0.6 is 12.4 Å². The second-order valence-corrected chi connectivity index (χ2v) is 4.88. The molecule has 0 heterocycles. The second kappa shape index (κ2) is 4.63. The molecule has 1 fully saturated rings. The number of hydrogen-bond acceptors (Lipinski definition) is 2.